The Balaban J connectivity index is 1.28. The van der Waals surface area contributed by atoms with Crippen LogP contribution in [0.15, 0.2) is 42.5 Å². The monoisotopic (exact) mass is 524 g/mol. The van der Waals surface area contributed by atoms with Crippen molar-refractivity contribution in [3.05, 3.63) is 58.1 Å². The van der Waals surface area contributed by atoms with Crippen molar-refractivity contribution in [2.75, 3.05) is 56.5 Å². The molecule has 0 radical (unpaired) electrons. The summed E-state index contributed by atoms with van der Waals surface area (Å²) in [7, 11) is -1.37. The first-order chi connectivity index (χ1) is 16.2. The highest BCUT2D eigenvalue weighted by Gasteiger charge is 2.31. The molecule has 1 N–H and O–H groups in total. The summed E-state index contributed by atoms with van der Waals surface area (Å²) in [4.78, 5) is 17.4. The van der Waals surface area contributed by atoms with Crippen LogP contribution in [-0.2, 0) is 20.6 Å². The highest BCUT2D eigenvalue weighted by atomic mass is 35.5. The lowest BCUT2D eigenvalue weighted by atomic mass is 9.97. The van der Waals surface area contributed by atoms with E-state index >= 15 is 0 Å². The van der Waals surface area contributed by atoms with Crippen molar-refractivity contribution in [2.45, 2.75) is 18.6 Å². The standard InChI is InChI=1S/C24H30Cl2N4O3S/c1-28-12-14-29(15-13-28)21-5-3-20(4-6-21)27-24(31)19-8-10-30(11-9-19)34(32,33)17-18-2-7-22(25)23(26)16-18/h2-7,16,19H,8-15,17H2,1H3,(H,27,31). The molecule has 10 heteroatoms. The molecule has 0 saturated carbocycles. The van der Waals surface area contributed by atoms with E-state index in [0.29, 0.717) is 41.5 Å². The van der Waals surface area contributed by atoms with Crippen molar-refractivity contribution >= 4 is 50.5 Å². The number of likely N-dealkylation sites (N-methyl/N-ethyl adjacent to an activating group) is 1. The Kier molecular flexibility index (Phi) is 8.05. The molecule has 34 heavy (non-hydrogen) atoms. The van der Waals surface area contributed by atoms with Crippen LogP contribution in [0.3, 0.4) is 0 Å². The van der Waals surface area contributed by atoms with Crippen LogP contribution in [0.1, 0.15) is 18.4 Å². The topological polar surface area (TPSA) is 73.0 Å². The molecule has 0 aromatic heterocycles. The van der Waals surface area contributed by atoms with Crippen LogP contribution in [0.4, 0.5) is 11.4 Å². The first kappa shape index (κ1) is 25.3. The van der Waals surface area contributed by atoms with Gasteiger partial charge in [0.2, 0.25) is 15.9 Å². The second-order valence-corrected chi connectivity index (χ2v) is 11.8. The fourth-order valence-electron chi connectivity index (χ4n) is 4.39. The molecule has 2 heterocycles. The molecule has 2 fully saturated rings. The Morgan fingerprint density at radius 3 is 2.21 bits per heavy atom. The molecular formula is C24H30Cl2N4O3S. The summed E-state index contributed by atoms with van der Waals surface area (Å²) >= 11 is 11.9. The molecule has 2 aliphatic rings. The number of halogens is 2. The van der Waals surface area contributed by atoms with E-state index in [1.54, 1.807) is 18.2 Å². The predicted molar refractivity (Wildman–Crippen MR) is 138 cm³/mol. The Hall–Kier alpha value is -1.84. The fraction of sp³-hybridized carbons (Fsp3) is 0.458. The zero-order valence-electron chi connectivity index (χ0n) is 19.2. The SMILES string of the molecule is CN1CCN(c2ccc(NC(=O)C3CCN(S(=O)(=O)Cc4ccc(Cl)c(Cl)c4)CC3)cc2)CC1. The van der Waals surface area contributed by atoms with E-state index in [2.05, 4.69) is 22.2 Å². The first-order valence-corrected chi connectivity index (χ1v) is 13.8. The molecule has 184 valence electrons. The quantitative estimate of drug-likeness (QED) is 0.619. The van der Waals surface area contributed by atoms with Crippen molar-refractivity contribution in [3.63, 3.8) is 0 Å². The smallest absolute Gasteiger partial charge is 0.227 e. The van der Waals surface area contributed by atoms with Crippen LogP contribution in [0.5, 0.6) is 0 Å². The predicted octanol–water partition coefficient (Wildman–Crippen LogP) is 3.93. The number of rotatable bonds is 6. The van der Waals surface area contributed by atoms with Crippen LogP contribution in [0.2, 0.25) is 10.0 Å². The van der Waals surface area contributed by atoms with Crippen molar-refractivity contribution in [3.8, 4) is 0 Å². The summed E-state index contributed by atoms with van der Waals surface area (Å²) in [5.41, 5.74) is 2.51. The molecule has 2 aromatic carbocycles. The normalized spacial score (nSPS) is 18.7. The van der Waals surface area contributed by atoms with E-state index in [0.717, 1.165) is 37.6 Å². The number of piperazine rings is 1. The van der Waals surface area contributed by atoms with Crippen molar-refractivity contribution in [2.24, 2.45) is 5.92 Å². The van der Waals surface area contributed by atoms with Gasteiger partial charge in [-0.25, -0.2) is 12.7 Å². The van der Waals surface area contributed by atoms with Crippen molar-refractivity contribution in [1.82, 2.24) is 9.21 Å². The van der Waals surface area contributed by atoms with E-state index in [1.807, 2.05) is 24.3 Å². The summed E-state index contributed by atoms with van der Waals surface area (Å²) in [6, 6.07) is 12.8. The van der Waals surface area contributed by atoms with Gasteiger partial charge in [-0.05, 0) is 61.9 Å². The number of hydrogen-bond acceptors (Lipinski definition) is 5. The summed E-state index contributed by atoms with van der Waals surface area (Å²) in [6.07, 6.45) is 0.984. The third kappa shape index (κ3) is 6.23. The summed E-state index contributed by atoms with van der Waals surface area (Å²) in [5, 5.41) is 3.72. The Bertz CT molecular complexity index is 1110. The molecular weight excluding hydrogens is 495 g/mol. The van der Waals surface area contributed by atoms with Gasteiger partial charge in [0.05, 0.1) is 15.8 Å². The molecule has 2 aliphatic heterocycles. The lowest BCUT2D eigenvalue weighted by molar-refractivity contribution is -0.120. The molecule has 2 saturated heterocycles. The highest BCUT2D eigenvalue weighted by Crippen LogP contribution is 2.27. The lowest BCUT2D eigenvalue weighted by Crippen LogP contribution is -2.44. The molecule has 0 aliphatic carbocycles. The van der Waals surface area contributed by atoms with E-state index < -0.39 is 10.0 Å². The number of carbonyl (C=O) groups is 1. The van der Waals surface area contributed by atoms with E-state index in [9.17, 15) is 13.2 Å². The minimum absolute atomic E-state index is 0.0612. The average Bonchev–Trinajstić information content (AvgIpc) is 2.82. The molecule has 0 unspecified atom stereocenters. The second-order valence-electron chi connectivity index (χ2n) is 9.00. The largest absolute Gasteiger partial charge is 0.369 e. The molecule has 0 spiro atoms. The van der Waals surface area contributed by atoms with Crippen molar-refractivity contribution in [1.29, 1.82) is 0 Å². The molecule has 0 atom stereocenters. The zero-order valence-corrected chi connectivity index (χ0v) is 21.5. The molecule has 0 bridgehead atoms. The maximum Gasteiger partial charge on any atom is 0.227 e. The van der Waals surface area contributed by atoms with Gasteiger partial charge in [-0.1, -0.05) is 29.3 Å². The molecule has 1 amide bonds. The maximum absolute atomic E-state index is 12.8. The lowest BCUT2D eigenvalue weighted by Gasteiger charge is -2.34. The minimum atomic E-state index is -3.50. The van der Waals surface area contributed by atoms with Gasteiger partial charge in [0, 0.05) is 56.6 Å². The number of benzene rings is 2. The van der Waals surface area contributed by atoms with E-state index in [1.165, 1.54) is 4.31 Å². The highest BCUT2D eigenvalue weighted by molar-refractivity contribution is 7.88. The molecule has 7 nitrogen and oxygen atoms in total. The van der Waals surface area contributed by atoms with Gasteiger partial charge < -0.3 is 15.1 Å². The van der Waals surface area contributed by atoms with Gasteiger partial charge in [0.1, 0.15) is 0 Å². The number of piperidine rings is 1. The molecule has 4 rings (SSSR count). The van der Waals surface area contributed by atoms with Gasteiger partial charge in [-0.15, -0.1) is 0 Å². The van der Waals surface area contributed by atoms with Crippen LogP contribution in [0, 0.1) is 5.92 Å². The average molecular weight is 526 g/mol. The molecule has 2 aromatic rings. The number of hydrogen-bond donors (Lipinski definition) is 1. The zero-order chi connectivity index (χ0) is 24.3. The van der Waals surface area contributed by atoms with Gasteiger partial charge >= 0.3 is 0 Å². The van der Waals surface area contributed by atoms with Gasteiger partial charge in [0.25, 0.3) is 0 Å². The van der Waals surface area contributed by atoms with E-state index in [-0.39, 0.29) is 17.6 Å². The Morgan fingerprint density at radius 2 is 1.59 bits per heavy atom. The number of amides is 1. The van der Waals surface area contributed by atoms with Gasteiger partial charge in [-0.3, -0.25) is 4.79 Å². The maximum atomic E-state index is 12.8. The fourth-order valence-corrected chi connectivity index (χ4v) is 6.26. The number of nitrogens with one attached hydrogen (secondary N) is 1. The van der Waals surface area contributed by atoms with E-state index in [4.69, 9.17) is 23.2 Å². The summed E-state index contributed by atoms with van der Waals surface area (Å²) < 4.78 is 27.1. The van der Waals surface area contributed by atoms with Crippen LogP contribution in [-0.4, -0.2) is 69.8 Å². The third-order valence-corrected chi connectivity index (χ3v) is 9.14. The van der Waals surface area contributed by atoms with Crippen LogP contribution < -0.4 is 10.2 Å². The number of carbonyl (C=O) groups excluding carboxylic acids is 1. The number of sulfonamides is 1. The van der Waals surface area contributed by atoms with Crippen LogP contribution >= 0.6 is 23.2 Å². The van der Waals surface area contributed by atoms with Gasteiger partial charge in [-0.2, -0.15) is 0 Å². The Morgan fingerprint density at radius 1 is 0.941 bits per heavy atom. The third-order valence-electron chi connectivity index (χ3n) is 6.55. The van der Waals surface area contributed by atoms with Crippen LogP contribution in [0.25, 0.3) is 0 Å². The first-order valence-electron chi connectivity index (χ1n) is 11.5. The van der Waals surface area contributed by atoms with Gasteiger partial charge in [0.15, 0.2) is 0 Å². The summed E-state index contributed by atoms with van der Waals surface area (Å²) in [5.74, 6) is -0.414. The summed E-state index contributed by atoms with van der Waals surface area (Å²) in [6.45, 7) is 4.72. The second kappa shape index (κ2) is 10.8. The number of anilines is 2. The number of nitrogens with zero attached hydrogens (tertiary/aromatic N) is 3. The van der Waals surface area contributed by atoms with Crippen molar-refractivity contribution < 1.29 is 13.2 Å². The minimum Gasteiger partial charge on any atom is -0.369 e. The Labute approximate surface area is 211 Å².